The van der Waals surface area contributed by atoms with Gasteiger partial charge in [0, 0.05) is 12.6 Å². The topological polar surface area (TPSA) is 25.8 Å². The van der Waals surface area contributed by atoms with Crippen molar-refractivity contribution in [2.24, 2.45) is 0 Å². The molecule has 1 aromatic rings. The maximum absolute atomic E-state index is 4.19. The largest absolute Gasteiger partial charge is 0.245 e. The van der Waals surface area contributed by atoms with Crippen molar-refractivity contribution in [3.05, 3.63) is 60.7 Å². The molecule has 0 amide bonds. The standard InChI is InChI=1S/C12H14N2/c1-3-4-5-6-7-8-12-11(2)9-13-10-14-12/h3-7,9-10H,1,8H2,2H3/b5-4-,7-6-. The van der Waals surface area contributed by atoms with Gasteiger partial charge in [-0.3, -0.25) is 0 Å². The lowest BCUT2D eigenvalue weighted by molar-refractivity contribution is 1.01. The van der Waals surface area contributed by atoms with Crippen molar-refractivity contribution in [1.29, 1.82) is 0 Å². The first-order chi connectivity index (χ1) is 6.84. The smallest absolute Gasteiger partial charge is 0.115 e. The molecule has 0 aliphatic heterocycles. The van der Waals surface area contributed by atoms with E-state index < -0.39 is 0 Å². The molecule has 0 unspecified atom stereocenters. The molecule has 0 aromatic carbocycles. The molecule has 2 nitrogen and oxygen atoms in total. The molecule has 1 rings (SSSR count). The third-order valence-corrected chi connectivity index (χ3v) is 1.81. The van der Waals surface area contributed by atoms with Crippen LogP contribution in [0.5, 0.6) is 0 Å². The molecule has 0 spiro atoms. The van der Waals surface area contributed by atoms with E-state index in [1.54, 1.807) is 12.4 Å². The second-order valence-corrected chi connectivity index (χ2v) is 2.91. The van der Waals surface area contributed by atoms with E-state index in [4.69, 9.17) is 0 Å². The Hall–Kier alpha value is -1.70. The molecule has 0 aliphatic rings. The SMILES string of the molecule is C=C/C=C\C=C/Cc1ncncc1C. The number of rotatable bonds is 4. The van der Waals surface area contributed by atoms with E-state index >= 15 is 0 Å². The molecule has 0 saturated heterocycles. The van der Waals surface area contributed by atoms with Crippen molar-refractivity contribution in [2.75, 3.05) is 0 Å². The van der Waals surface area contributed by atoms with Crippen LogP contribution in [-0.4, -0.2) is 9.97 Å². The molecule has 1 heterocycles. The highest BCUT2D eigenvalue weighted by Crippen LogP contribution is 2.02. The molecule has 0 radical (unpaired) electrons. The first-order valence-electron chi connectivity index (χ1n) is 4.54. The minimum Gasteiger partial charge on any atom is -0.245 e. The van der Waals surface area contributed by atoms with Gasteiger partial charge in [-0.25, -0.2) is 9.97 Å². The van der Waals surface area contributed by atoms with Crippen molar-refractivity contribution in [2.45, 2.75) is 13.3 Å². The zero-order valence-corrected chi connectivity index (χ0v) is 8.35. The Morgan fingerprint density at radius 1 is 1.36 bits per heavy atom. The Kier molecular flexibility index (Phi) is 4.35. The van der Waals surface area contributed by atoms with Gasteiger partial charge in [-0.1, -0.05) is 37.0 Å². The number of allylic oxidation sites excluding steroid dienone is 5. The second-order valence-electron chi connectivity index (χ2n) is 2.91. The van der Waals surface area contributed by atoms with Crippen LogP contribution in [0.25, 0.3) is 0 Å². The van der Waals surface area contributed by atoms with E-state index in [2.05, 4.69) is 22.6 Å². The Morgan fingerprint density at radius 3 is 2.93 bits per heavy atom. The summed E-state index contributed by atoms with van der Waals surface area (Å²) < 4.78 is 0. The number of aryl methyl sites for hydroxylation is 1. The Balaban J connectivity index is 2.53. The molecule has 14 heavy (non-hydrogen) atoms. The van der Waals surface area contributed by atoms with Crippen LogP contribution in [-0.2, 0) is 6.42 Å². The monoisotopic (exact) mass is 186 g/mol. The van der Waals surface area contributed by atoms with Gasteiger partial charge in [-0.15, -0.1) is 0 Å². The van der Waals surface area contributed by atoms with Crippen LogP contribution >= 0.6 is 0 Å². The fourth-order valence-corrected chi connectivity index (χ4v) is 1.04. The maximum atomic E-state index is 4.19. The van der Waals surface area contributed by atoms with Gasteiger partial charge in [-0.2, -0.15) is 0 Å². The summed E-state index contributed by atoms with van der Waals surface area (Å²) in [5, 5.41) is 0. The predicted octanol–water partition coefficient (Wildman–Crippen LogP) is 2.63. The van der Waals surface area contributed by atoms with Gasteiger partial charge in [0.05, 0.1) is 5.69 Å². The van der Waals surface area contributed by atoms with Gasteiger partial charge >= 0.3 is 0 Å². The summed E-state index contributed by atoms with van der Waals surface area (Å²) in [5.41, 5.74) is 2.20. The van der Waals surface area contributed by atoms with Gasteiger partial charge in [0.25, 0.3) is 0 Å². The van der Waals surface area contributed by atoms with Crippen molar-refractivity contribution < 1.29 is 0 Å². The van der Waals surface area contributed by atoms with Gasteiger partial charge in [0.1, 0.15) is 6.33 Å². The lowest BCUT2D eigenvalue weighted by Gasteiger charge is -1.97. The first-order valence-corrected chi connectivity index (χ1v) is 4.54. The molecule has 0 aliphatic carbocycles. The Labute approximate surface area is 84.7 Å². The van der Waals surface area contributed by atoms with Gasteiger partial charge in [0.2, 0.25) is 0 Å². The number of hydrogen-bond acceptors (Lipinski definition) is 2. The van der Waals surface area contributed by atoms with E-state index in [9.17, 15) is 0 Å². The van der Waals surface area contributed by atoms with Crippen molar-refractivity contribution >= 4 is 0 Å². The highest BCUT2D eigenvalue weighted by molar-refractivity contribution is 5.18. The van der Waals surface area contributed by atoms with Crippen LogP contribution in [0.4, 0.5) is 0 Å². The second kappa shape index (κ2) is 5.86. The van der Waals surface area contributed by atoms with Crippen molar-refractivity contribution in [3.63, 3.8) is 0 Å². The summed E-state index contributed by atoms with van der Waals surface area (Å²) in [5.74, 6) is 0. The van der Waals surface area contributed by atoms with Crippen LogP contribution in [0.1, 0.15) is 11.3 Å². The highest BCUT2D eigenvalue weighted by Gasteiger charge is 1.94. The average Bonchev–Trinajstić information content (AvgIpc) is 2.20. The van der Waals surface area contributed by atoms with Crippen LogP contribution in [0, 0.1) is 6.92 Å². The molecular formula is C12H14N2. The zero-order chi connectivity index (χ0) is 10.2. The summed E-state index contributed by atoms with van der Waals surface area (Å²) in [4.78, 5) is 8.13. The van der Waals surface area contributed by atoms with Gasteiger partial charge in [-0.05, 0) is 12.5 Å². The third-order valence-electron chi connectivity index (χ3n) is 1.81. The van der Waals surface area contributed by atoms with Crippen LogP contribution in [0.15, 0.2) is 49.5 Å². The van der Waals surface area contributed by atoms with E-state index in [1.165, 1.54) is 0 Å². The minimum atomic E-state index is 0.843. The van der Waals surface area contributed by atoms with E-state index in [-0.39, 0.29) is 0 Å². The van der Waals surface area contributed by atoms with E-state index in [0.717, 1.165) is 17.7 Å². The predicted molar refractivity (Wildman–Crippen MR) is 59.0 cm³/mol. The lowest BCUT2D eigenvalue weighted by atomic mass is 10.2. The number of nitrogens with zero attached hydrogens (tertiary/aromatic N) is 2. The molecular weight excluding hydrogens is 172 g/mol. The molecule has 0 bridgehead atoms. The molecule has 2 heteroatoms. The van der Waals surface area contributed by atoms with E-state index in [1.807, 2.05) is 31.3 Å². The maximum Gasteiger partial charge on any atom is 0.115 e. The molecule has 0 saturated carbocycles. The number of aromatic nitrogens is 2. The normalized spacial score (nSPS) is 11.2. The fraction of sp³-hybridized carbons (Fsp3) is 0.167. The summed E-state index contributed by atoms with van der Waals surface area (Å²) in [6.45, 7) is 5.61. The van der Waals surface area contributed by atoms with Gasteiger partial charge < -0.3 is 0 Å². The quantitative estimate of drug-likeness (QED) is 0.675. The first kappa shape index (κ1) is 10.4. The molecule has 0 N–H and O–H groups in total. The van der Waals surface area contributed by atoms with Crippen LogP contribution < -0.4 is 0 Å². The summed E-state index contributed by atoms with van der Waals surface area (Å²) in [6.07, 6.45) is 13.9. The molecule has 0 atom stereocenters. The van der Waals surface area contributed by atoms with E-state index in [0.29, 0.717) is 0 Å². The van der Waals surface area contributed by atoms with Gasteiger partial charge in [0.15, 0.2) is 0 Å². The highest BCUT2D eigenvalue weighted by atomic mass is 14.8. The Bertz CT molecular complexity index is 351. The summed E-state index contributed by atoms with van der Waals surface area (Å²) in [6, 6.07) is 0. The van der Waals surface area contributed by atoms with Crippen molar-refractivity contribution in [3.8, 4) is 0 Å². The summed E-state index contributed by atoms with van der Waals surface area (Å²) >= 11 is 0. The molecule has 0 fully saturated rings. The number of hydrogen-bond donors (Lipinski definition) is 0. The molecule has 72 valence electrons. The molecule has 1 aromatic heterocycles. The summed E-state index contributed by atoms with van der Waals surface area (Å²) in [7, 11) is 0. The van der Waals surface area contributed by atoms with Crippen LogP contribution in [0.3, 0.4) is 0 Å². The van der Waals surface area contributed by atoms with Crippen molar-refractivity contribution in [1.82, 2.24) is 9.97 Å². The zero-order valence-electron chi connectivity index (χ0n) is 8.35. The third kappa shape index (κ3) is 3.35. The minimum absolute atomic E-state index is 0.843. The fourth-order valence-electron chi connectivity index (χ4n) is 1.04. The van der Waals surface area contributed by atoms with Crippen LogP contribution in [0.2, 0.25) is 0 Å². The lowest BCUT2D eigenvalue weighted by Crippen LogP contribution is -1.92. The Morgan fingerprint density at radius 2 is 2.21 bits per heavy atom. The average molecular weight is 186 g/mol.